The molecule has 7 nitrogen and oxygen atoms in total. The van der Waals surface area contributed by atoms with E-state index in [0.717, 1.165) is 5.56 Å². The number of piperidine rings is 1. The number of aromatic nitrogens is 1. The van der Waals surface area contributed by atoms with Crippen LogP contribution in [-0.4, -0.2) is 68.7 Å². The minimum atomic E-state index is -1.08. The molecule has 0 spiro atoms. The standard InChI is InChI=1S/C21H31N3O4/c1-14(2)11-21(20(27)28)12-17(19(26)24-9-6-16(25)7-10-24)18(23(21)3)15-5-4-8-22-13-15/h4-5,8,13-14,16-18,25H,6-7,9-12H2,1-3H3,(H,27,28)/t17-,18-,21-/m1/s1. The average Bonchev–Trinajstić information content (AvgIpc) is 2.95. The average molecular weight is 389 g/mol. The maximum absolute atomic E-state index is 13.4. The number of nitrogens with zero attached hydrogens (tertiary/aromatic N) is 3. The minimum Gasteiger partial charge on any atom is -0.480 e. The first kappa shape index (κ1) is 20.7. The number of carboxylic acids is 1. The molecular formula is C21H31N3O4. The second-order valence-corrected chi connectivity index (χ2v) is 8.64. The summed E-state index contributed by atoms with van der Waals surface area (Å²) in [4.78, 5) is 33.7. The predicted molar refractivity (Wildman–Crippen MR) is 104 cm³/mol. The van der Waals surface area contributed by atoms with Gasteiger partial charge in [0.1, 0.15) is 5.54 Å². The van der Waals surface area contributed by atoms with Crippen LogP contribution in [-0.2, 0) is 9.59 Å². The Morgan fingerprint density at radius 3 is 2.54 bits per heavy atom. The SMILES string of the molecule is CC(C)C[C@]1(C(=O)O)C[C@@H](C(=O)N2CCC(O)CC2)[C@@H](c2cccnc2)N1C. The van der Waals surface area contributed by atoms with Crippen LogP contribution in [0.1, 0.15) is 51.1 Å². The number of aliphatic hydroxyl groups excluding tert-OH is 1. The van der Waals surface area contributed by atoms with Crippen LogP contribution in [0.5, 0.6) is 0 Å². The highest BCUT2D eigenvalue weighted by Crippen LogP contribution is 2.49. The molecule has 2 aliphatic heterocycles. The molecule has 28 heavy (non-hydrogen) atoms. The number of likely N-dealkylation sites (tertiary alicyclic amines) is 2. The number of pyridine rings is 1. The molecule has 0 unspecified atom stereocenters. The Bertz CT molecular complexity index is 703. The number of aliphatic carboxylic acids is 1. The number of carbonyl (C=O) groups is 2. The summed E-state index contributed by atoms with van der Waals surface area (Å²) >= 11 is 0. The Morgan fingerprint density at radius 1 is 1.32 bits per heavy atom. The number of likely N-dealkylation sites (N-methyl/N-ethyl adjacent to an activating group) is 1. The van der Waals surface area contributed by atoms with E-state index in [-0.39, 0.29) is 30.4 Å². The zero-order chi connectivity index (χ0) is 20.5. The van der Waals surface area contributed by atoms with Crippen molar-refractivity contribution in [2.75, 3.05) is 20.1 Å². The molecule has 3 heterocycles. The van der Waals surface area contributed by atoms with Gasteiger partial charge in [-0.1, -0.05) is 19.9 Å². The molecule has 2 saturated heterocycles. The van der Waals surface area contributed by atoms with Crippen molar-refractivity contribution in [1.82, 2.24) is 14.8 Å². The van der Waals surface area contributed by atoms with Crippen molar-refractivity contribution in [1.29, 1.82) is 0 Å². The fourth-order valence-corrected chi connectivity index (χ4v) is 4.93. The lowest BCUT2D eigenvalue weighted by molar-refractivity contribution is -0.151. The molecule has 0 bridgehead atoms. The topological polar surface area (TPSA) is 94.0 Å². The second kappa shape index (κ2) is 8.17. The molecular weight excluding hydrogens is 358 g/mol. The lowest BCUT2D eigenvalue weighted by Gasteiger charge is -2.36. The van der Waals surface area contributed by atoms with Gasteiger partial charge in [0.25, 0.3) is 0 Å². The van der Waals surface area contributed by atoms with Crippen LogP contribution in [0.25, 0.3) is 0 Å². The van der Waals surface area contributed by atoms with Gasteiger partial charge < -0.3 is 15.1 Å². The van der Waals surface area contributed by atoms with Crippen molar-refractivity contribution in [3.8, 4) is 0 Å². The fourth-order valence-electron chi connectivity index (χ4n) is 4.93. The first-order valence-electron chi connectivity index (χ1n) is 10.1. The Kier molecular flexibility index (Phi) is 6.05. The molecule has 0 radical (unpaired) electrons. The summed E-state index contributed by atoms with van der Waals surface area (Å²) in [7, 11) is 1.82. The first-order valence-corrected chi connectivity index (χ1v) is 10.1. The maximum Gasteiger partial charge on any atom is 0.324 e. The highest BCUT2D eigenvalue weighted by atomic mass is 16.4. The number of amides is 1. The molecule has 3 atom stereocenters. The van der Waals surface area contributed by atoms with Gasteiger partial charge in [-0.05, 0) is 50.3 Å². The Labute approximate surface area is 166 Å². The van der Waals surface area contributed by atoms with E-state index in [1.54, 1.807) is 17.3 Å². The van der Waals surface area contributed by atoms with Gasteiger partial charge in [0, 0.05) is 31.5 Å². The fraction of sp³-hybridized carbons (Fsp3) is 0.667. The van der Waals surface area contributed by atoms with Crippen molar-refractivity contribution < 1.29 is 19.8 Å². The van der Waals surface area contributed by atoms with E-state index in [4.69, 9.17) is 0 Å². The van der Waals surface area contributed by atoms with E-state index in [0.29, 0.717) is 32.4 Å². The summed E-state index contributed by atoms with van der Waals surface area (Å²) < 4.78 is 0. The van der Waals surface area contributed by atoms with Crippen LogP contribution in [0.3, 0.4) is 0 Å². The number of carboxylic acid groups (broad SMARTS) is 1. The molecule has 0 aliphatic carbocycles. The summed E-state index contributed by atoms with van der Waals surface area (Å²) in [6, 6.07) is 3.41. The van der Waals surface area contributed by atoms with Crippen molar-refractivity contribution in [2.45, 2.75) is 57.2 Å². The van der Waals surface area contributed by atoms with Crippen molar-refractivity contribution in [3.05, 3.63) is 30.1 Å². The van der Waals surface area contributed by atoms with Crippen LogP contribution in [0, 0.1) is 11.8 Å². The Hall–Kier alpha value is -1.99. The lowest BCUT2D eigenvalue weighted by Crippen LogP contribution is -2.50. The van der Waals surface area contributed by atoms with Gasteiger partial charge in [0.15, 0.2) is 0 Å². The van der Waals surface area contributed by atoms with Crippen LogP contribution in [0.15, 0.2) is 24.5 Å². The molecule has 1 aromatic rings. The second-order valence-electron chi connectivity index (χ2n) is 8.64. The van der Waals surface area contributed by atoms with Crippen molar-refractivity contribution in [3.63, 3.8) is 0 Å². The van der Waals surface area contributed by atoms with Gasteiger partial charge in [-0.3, -0.25) is 19.5 Å². The molecule has 7 heteroatoms. The van der Waals surface area contributed by atoms with Crippen LogP contribution >= 0.6 is 0 Å². The van der Waals surface area contributed by atoms with Gasteiger partial charge >= 0.3 is 5.97 Å². The van der Waals surface area contributed by atoms with E-state index < -0.39 is 17.4 Å². The molecule has 1 aromatic heterocycles. The van der Waals surface area contributed by atoms with Gasteiger partial charge in [0.2, 0.25) is 5.91 Å². The van der Waals surface area contributed by atoms with E-state index in [2.05, 4.69) is 4.98 Å². The van der Waals surface area contributed by atoms with Crippen LogP contribution in [0.2, 0.25) is 0 Å². The third-order valence-electron chi connectivity index (χ3n) is 6.29. The summed E-state index contributed by atoms with van der Waals surface area (Å²) in [5.41, 5.74) is -0.211. The van der Waals surface area contributed by atoms with Gasteiger partial charge in [-0.2, -0.15) is 0 Å². The monoisotopic (exact) mass is 389 g/mol. The summed E-state index contributed by atoms with van der Waals surface area (Å²) in [6.45, 7) is 5.06. The van der Waals surface area contributed by atoms with E-state index >= 15 is 0 Å². The van der Waals surface area contributed by atoms with Crippen molar-refractivity contribution >= 4 is 11.9 Å². The number of rotatable bonds is 5. The third kappa shape index (κ3) is 3.78. The highest BCUT2D eigenvalue weighted by molar-refractivity contribution is 5.85. The number of hydrogen-bond donors (Lipinski definition) is 2. The summed E-state index contributed by atoms with van der Waals surface area (Å²) in [5.74, 6) is -1.15. The molecule has 2 N–H and O–H groups in total. The van der Waals surface area contributed by atoms with Gasteiger partial charge in [-0.25, -0.2) is 0 Å². The van der Waals surface area contributed by atoms with E-state index in [1.807, 2.05) is 37.9 Å². The predicted octanol–water partition coefficient (Wildman–Crippen LogP) is 1.93. The Morgan fingerprint density at radius 2 is 2.00 bits per heavy atom. The molecule has 2 aliphatic rings. The first-order chi connectivity index (χ1) is 13.3. The normalized spacial score (nSPS) is 29.4. The molecule has 0 aromatic carbocycles. The molecule has 154 valence electrons. The van der Waals surface area contributed by atoms with E-state index in [9.17, 15) is 19.8 Å². The quantitative estimate of drug-likeness (QED) is 0.799. The number of hydrogen-bond acceptors (Lipinski definition) is 5. The highest BCUT2D eigenvalue weighted by Gasteiger charge is 2.57. The smallest absolute Gasteiger partial charge is 0.324 e. The number of carbonyl (C=O) groups excluding carboxylic acids is 1. The summed E-state index contributed by atoms with van der Waals surface area (Å²) in [5, 5.41) is 19.9. The van der Waals surface area contributed by atoms with Gasteiger partial charge in [0.05, 0.1) is 12.0 Å². The molecule has 3 rings (SSSR count). The number of aliphatic hydroxyl groups is 1. The van der Waals surface area contributed by atoms with Crippen LogP contribution < -0.4 is 0 Å². The molecule has 1 amide bonds. The molecule has 0 saturated carbocycles. The zero-order valence-electron chi connectivity index (χ0n) is 16.9. The van der Waals surface area contributed by atoms with Gasteiger partial charge in [-0.15, -0.1) is 0 Å². The summed E-state index contributed by atoms with van der Waals surface area (Å²) in [6.07, 6.45) is 4.97. The Balaban J connectivity index is 1.97. The van der Waals surface area contributed by atoms with Crippen LogP contribution in [0.4, 0.5) is 0 Å². The minimum absolute atomic E-state index is 0.0144. The van der Waals surface area contributed by atoms with E-state index in [1.165, 1.54) is 0 Å². The third-order valence-corrected chi connectivity index (χ3v) is 6.29. The lowest BCUT2D eigenvalue weighted by atomic mass is 9.83. The largest absolute Gasteiger partial charge is 0.480 e. The van der Waals surface area contributed by atoms with Crippen molar-refractivity contribution in [2.24, 2.45) is 11.8 Å². The zero-order valence-corrected chi connectivity index (χ0v) is 16.9. The maximum atomic E-state index is 13.4. The molecule has 2 fully saturated rings.